The highest BCUT2D eigenvalue weighted by molar-refractivity contribution is 5.53. The Morgan fingerprint density at radius 2 is 2.26 bits per heavy atom. The summed E-state index contributed by atoms with van der Waals surface area (Å²) in [5.41, 5.74) is 6.18. The summed E-state index contributed by atoms with van der Waals surface area (Å²) >= 11 is 0. The van der Waals surface area contributed by atoms with Gasteiger partial charge in [-0.3, -0.25) is 10.1 Å². The largest absolute Gasteiger partial charge is 0.378 e. The maximum absolute atomic E-state index is 10.6. The molecule has 0 saturated heterocycles. The van der Waals surface area contributed by atoms with Crippen LogP contribution in [0.3, 0.4) is 0 Å². The van der Waals surface area contributed by atoms with Crippen molar-refractivity contribution in [2.45, 2.75) is 19.9 Å². The van der Waals surface area contributed by atoms with Gasteiger partial charge in [0.1, 0.15) is 12.0 Å². The maximum Gasteiger partial charge on any atom is 0.329 e. The van der Waals surface area contributed by atoms with Crippen LogP contribution in [0.4, 0.5) is 17.5 Å². The number of nitrogens with zero attached hydrogens (tertiary/aromatic N) is 4. The van der Waals surface area contributed by atoms with Gasteiger partial charge in [0.25, 0.3) is 0 Å². The maximum atomic E-state index is 10.6. The quantitative estimate of drug-likeness (QED) is 0.537. The molecule has 9 nitrogen and oxygen atoms in total. The summed E-state index contributed by atoms with van der Waals surface area (Å²) < 4.78 is 0. The van der Waals surface area contributed by atoms with Crippen molar-refractivity contribution in [1.29, 1.82) is 0 Å². The third-order valence-electron chi connectivity index (χ3n) is 2.47. The first-order valence-corrected chi connectivity index (χ1v) is 5.63. The summed E-state index contributed by atoms with van der Waals surface area (Å²) in [5, 5.41) is 13.4. The minimum Gasteiger partial charge on any atom is -0.378 e. The second-order valence-electron chi connectivity index (χ2n) is 3.78. The van der Waals surface area contributed by atoms with E-state index in [1.807, 2.05) is 6.92 Å². The molecule has 0 aliphatic rings. The van der Waals surface area contributed by atoms with Gasteiger partial charge >= 0.3 is 5.69 Å². The zero-order valence-electron chi connectivity index (χ0n) is 10.3. The van der Waals surface area contributed by atoms with E-state index in [1.165, 1.54) is 0 Å². The highest BCUT2D eigenvalue weighted by Crippen LogP contribution is 2.18. The van der Waals surface area contributed by atoms with Gasteiger partial charge in [-0.1, -0.05) is 6.92 Å². The summed E-state index contributed by atoms with van der Waals surface area (Å²) in [6.45, 7) is 2.40. The van der Waals surface area contributed by atoms with E-state index in [0.717, 1.165) is 24.1 Å². The van der Waals surface area contributed by atoms with E-state index in [2.05, 4.69) is 25.3 Å². The number of anilines is 2. The molecule has 0 radical (unpaired) electrons. The molecule has 19 heavy (non-hydrogen) atoms. The fourth-order valence-corrected chi connectivity index (χ4v) is 1.45. The lowest BCUT2D eigenvalue weighted by atomic mass is 10.4. The van der Waals surface area contributed by atoms with E-state index in [9.17, 15) is 10.1 Å². The van der Waals surface area contributed by atoms with Gasteiger partial charge in [0.15, 0.2) is 0 Å². The molecular weight excluding hydrogens is 250 g/mol. The molecule has 9 heteroatoms. The third kappa shape index (κ3) is 2.94. The van der Waals surface area contributed by atoms with E-state index in [-0.39, 0.29) is 17.5 Å². The predicted octanol–water partition coefficient (Wildman–Crippen LogP) is 0.865. The zero-order valence-corrected chi connectivity index (χ0v) is 10.3. The number of nitrogen functional groups attached to an aromatic ring is 1. The first-order valence-electron chi connectivity index (χ1n) is 5.63. The minimum absolute atomic E-state index is 0.170. The van der Waals surface area contributed by atoms with Gasteiger partial charge in [-0.2, -0.15) is 4.98 Å². The molecule has 2 rings (SSSR count). The second kappa shape index (κ2) is 5.29. The normalized spacial score (nSPS) is 10.4. The van der Waals surface area contributed by atoms with Crippen LogP contribution in [-0.4, -0.2) is 24.9 Å². The number of imidazole rings is 1. The first-order chi connectivity index (χ1) is 9.10. The molecule has 100 valence electrons. The Bertz CT molecular complexity index is 595. The summed E-state index contributed by atoms with van der Waals surface area (Å²) in [5.74, 6) is 0.783. The van der Waals surface area contributed by atoms with E-state index in [4.69, 9.17) is 5.73 Å². The number of nitrogens with two attached hydrogens (primary N) is 1. The predicted molar refractivity (Wildman–Crippen MR) is 68.4 cm³/mol. The molecule has 2 heterocycles. The van der Waals surface area contributed by atoms with Crippen molar-refractivity contribution in [1.82, 2.24) is 19.9 Å². The highest BCUT2D eigenvalue weighted by Gasteiger charge is 2.14. The number of rotatable bonds is 5. The van der Waals surface area contributed by atoms with Crippen molar-refractivity contribution >= 4 is 17.5 Å². The van der Waals surface area contributed by atoms with Crippen LogP contribution < -0.4 is 11.1 Å². The average molecular weight is 263 g/mol. The van der Waals surface area contributed by atoms with Crippen LogP contribution in [0, 0.1) is 10.1 Å². The molecule has 0 spiro atoms. The molecule has 2 aromatic rings. The second-order valence-corrected chi connectivity index (χ2v) is 3.78. The zero-order chi connectivity index (χ0) is 13.8. The first kappa shape index (κ1) is 12.7. The van der Waals surface area contributed by atoms with Crippen molar-refractivity contribution in [3.8, 4) is 0 Å². The Morgan fingerprint density at radius 1 is 1.47 bits per heavy atom. The number of aromatic amines is 1. The van der Waals surface area contributed by atoms with Crippen molar-refractivity contribution < 1.29 is 4.92 Å². The van der Waals surface area contributed by atoms with Gasteiger partial charge in [0, 0.05) is 11.9 Å². The Hall–Kier alpha value is -2.71. The van der Waals surface area contributed by atoms with Gasteiger partial charge in [-0.25, -0.2) is 9.97 Å². The lowest BCUT2D eigenvalue weighted by Crippen LogP contribution is -2.08. The van der Waals surface area contributed by atoms with Gasteiger partial charge in [-0.05, 0) is 6.42 Å². The van der Waals surface area contributed by atoms with E-state index >= 15 is 0 Å². The Balaban J connectivity index is 2.03. The standard InChI is InChI=1S/C10H13N7O2/c1-2-6-3-12-8(15-6)5-14-10-13-4-7(17(18)19)9(11)16-10/h3-4H,2,5H2,1H3,(H,12,15)(H3,11,13,14,16). The van der Waals surface area contributed by atoms with Crippen LogP contribution in [0.5, 0.6) is 0 Å². The average Bonchev–Trinajstić information content (AvgIpc) is 2.84. The van der Waals surface area contributed by atoms with Crippen molar-refractivity contribution in [2.75, 3.05) is 11.1 Å². The molecule has 0 amide bonds. The fraction of sp³-hybridized carbons (Fsp3) is 0.300. The fourth-order valence-electron chi connectivity index (χ4n) is 1.45. The molecule has 0 saturated carbocycles. The summed E-state index contributed by atoms with van der Waals surface area (Å²) in [4.78, 5) is 24.8. The lowest BCUT2D eigenvalue weighted by molar-refractivity contribution is -0.384. The monoisotopic (exact) mass is 263 g/mol. The van der Waals surface area contributed by atoms with Crippen molar-refractivity contribution in [3.63, 3.8) is 0 Å². The van der Waals surface area contributed by atoms with Gasteiger partial charge in [0.05, 0.1) is 11.5 Å². The number of nitro groups is 1. The molecule has 0 fully saturated rings. The van der Waals surface area contributed by atoms with Crippen LogP contribution >= 0.6 is 0 Å². The molecule has 0 aliphatic carbocycles. The molecule has 2 aromatic heterocycles. The van der Waals surface area contributed by atoms with Crippen LogP contribution in [0.1, 0.15) is 18.4 Å². The Kier molecular flexibility index (Phi) is 3.55. The molecular formula is C10H13N7O2. The Labute approximate surface area is 108 Å². The van der Waals surface area contributed by atoms with Gasteiger partial charge < -0.3 is 16.0 Å². The summed E-state index contributed by atoms with van der Waals surface area (Å²) in [7, 11) is 0. The number of aromatic nitrogens is 4. The van der Waals surface area contributed by atoms with Crippen LogP contribution in [0.25, 0.3) is 0 Å². The smallest absolute Gasteiger partial charge is 0.329 e. The molecule has 0 atom stereocenters. The number of hydrogen-bond donors (Lipinski definition) is 3. The lowest BCUT2D eigenvalue weighted by Gasteiger charge is -2.03. The number of H-pyrrole nitrogens is 1. The molecule has 0 unspecified atom stereocenters. The van der Waals surface area contributed by atoms with Crippen LogP contribution in [0.15, 0.2) is 12.4 Å². The molecule has 0 aromatic carbocycles. The Morgan fingerprint density at radius 3 is 2.84 bits per heavy atom. The van der Waals surface area contributed by atoms with E-state index in [1.54, 1.807) is 6.20 Å². The van der Waals surface area contributed by atoms with Crippen molar-refractivity contribution in [2.24, 2.45) is 0 Å². The molecule has 0 bridgehead atoms. The summed E-state index contributed by atoms with van der Waals surface area (Å²) in [6, 6.07) is 0. The number of nitrogens with one attached hydrogen (secondary N) is 2. The molecule has 4 N–H and O–H groups in total. The van der Waals surface area contributed by atoms with Crippen molar-refractivity contribution in [3.05, 3.63) is 34.0 Å². The SMILES string of the molecule is CCc1cnc(CNc2ncc([N+](=O)[O-])c(N)n2)[nH]1. The van der Waals surface area contributed by atoms with Gasteiger partial charge in [-0.15, -0.1) is 0 Å². The van der Waals surface area contributed by atoms with Crippen LogP contribution in [0.2, 0.25) is 0 Å². The number of hydrogen-bond acceptors (Lipinski definition) is 7. The third-order valence-corrected chi connectivity index (χ3v) is 2.47. The molecule has 0 aliphatic heterocycles. The van der Waals surface area contributed by atoms with Crippen LogP contribution in [-0.2, 0) is 13.0 Å². The number of aryl methyl sites for hydroxylation is 1. The van der Waals surface area contributed by atoms with E-state index < -0.39 is 4.92 Å². The van der Waals surface area contributed by atoms with Gasteiger partial charge in [0.2, 0.25) is 11.8 Å². The topological polar surface area (TPSA) is 136 Å². The summed E-state index contributed by atoms with van der Waals surface area (Å²) in [6.07, 6.45) is 3.69. The van der Waals surface area contributed by atoms with E-state index in [0.29, 0.717) is 6.54 Å². The highest BCUT2D eigenvalue weighted by atomic mass is 16.6. The minimum atomic E-state index is -0.626.